The molecule has 7 heteroatoms. The van der Waals surface area contributed by atoms with E-state index in [0.717, 1.165) is 5.69 Å². The molecule has 2 aromatic heterocycles. The van der Waals surface area contributed by atoms with Crippen LogP contribution in [0.15, 0.2) is 48.0 Å². The van der Waals surface area contributed by atoms with E-state index in [1.807, 2.05) is 11.4 Å². The van der Waals surface area contributed by atoms with E-state index in [1.165, 1.54) is 11.3 Å². The number of nitrogens with zero attached hydrogens (tertiary/aromatic N) is 3. The molecule has 1 amide bonds. The molecule has 0 bridgehead atoms. The molecule has 21 heavy (non-hydrogen) atoms. The maximum atomic E-state index is 11.8. The average Bonchev–Trinajstić information content (AvgIpc) is 3.17. The van der Waals surface area contributed by atoms with Gasteiger partial charge in [0.2, 0.25) is 0 Å². The fourth-order valence-corrected chi connectivity index (χ4v) is 2.42. The molecule has 0 aliphatic rings. The van der Waals surface area contributed by atoms with Crippen LogP contribution in [0.5, 0.6) is 5.75 Å². The predicted octanol–water partition coefficient (Wildman–Crippen LogP) is 1.96. The van der Waals surface area contributed by atoms with E-state index in [2.05, 4.69) is 15.6 Å². The first-order chi connectivity index (χ1) is 10.2. The third-order valence-corrected chi connectivity index (χ3v) is 3.70. The third-order valence-electron chi connectivity index (χ3n) is 2.83. The van der Waals surface area contributed by atoms with Gasteiger partial charge in [-0.1, -0.05) is 11.3 Å². The minimum atomic E-state index is -0.121. The fourth-order valence-electron chi connectivity index (χ4n) is 1.78. The monoisotopic (exact) mass is 300 g/mol. The Morgan fingerprint density at radius 3 is 2.81 bits per heavy atom. The van der Waals surface area contributed by atoms with Crippen LogP contribution < -0.4 is 5.32 Å². The maximum Gasteiger partial charge on any atom is 0.261 e. The highest BCUT2D eigenvalue weighted by molar-refractivity contribution is 7.12. The second-order valence-corrected chi connectivity index (χ2v) is 5.28. The van der Waals surface area contributed by atoms with E-state index in [0.29, 0.717) is 17.1 Å². The number of hydrogen-bond donors (Lipinski definition) is 2. The lowest BCUT2D eigenvalue weighted by Gasteiger charge is -2.00. The molecule has 0 saturated carbocycles. The van der Waals surface area contributed by atoms with Crippen molar-refractivity contribution in [2.45, 2.75) is 6.54 Å². The number of aromatic hydroxyl groups is 1. The van der Waals surface area contributed by atoms with Crippen molar-refractivity contribution in [1.82, 2.24) is 20.3 Å². The van der Waals surface area contributed by atoms with Crippen LogP contribution in [0.2, 0.25) is 0 Å². The molecular formula is C14H12N4O2S. The highest BCUT2D eigenvalue weighted by atomic mass is 32.1. The van der Waals surface area contributed by atoms with Crippen molar-refractivity contribution in [2.75, 3.05) is 0 Å². The topological polar surface area (TPSA) is 80.0 Å². The van der Waals surface area contributed by atoms with Gasteiger partial charge in [-0.15, -0.1) is 16.4 Å². The van der Waals surface area contributed by atoms with Gasteiger partial charge in [-0.2, -0.15) is 0 Å². The van der Waals surface area contributed by atoms with Gasteiger partial charge in [0, 0.05) is 0 Å². The standard InChI is InChI=1S/C14H12N4O2S/c19-12-5-3-11(4-6-12)18-9-10(16-17-18)8-15-14(20)13-2-1-7-21-13/h1-7,9,19H,8H2,(H,15,20). The van der Waals surface area contributed by atoms with Crippen LogP contribution in [0.4, 0.5) is 0 Å². The molecule has 6 nitrogen and oxygen atoms in total. The van der Waals surface area contributed by atoms with Gasteiger partial charge < -0.3 is 10.4 Å². The van der Waals surface area contributed by atoms with E-state index in [-0.39, 0.29) is 11.7 Å². The van der Waals surface area contributed by atoms with E-state index < -0.39 is 0 Å². The van der Waals surface area contributed by atoms with Crippen LogP contribution in [0, 0.1) is 0 Å². The smallest absolute Gasteiger partial charge is 0.261 e. The number of phenolic OH excluding ortho intramolecular Hbond substituents is 1. The van der Waals surface area contributed by atoms with E-state index in [9.17, 15) is 9.90 Å². The van der Waals surface area contributed by atoms with Gasteiger partial charge in [-0.3, -0.25) is 4.79 Å². The lowest BCUT2D eigenvalue weighted by Crippen LogP contribution is -2.21. The quantitative estimate of drug-likeness (QED) is 0.772. The molecule has 2 heterocycles. The molecule has 0 atom stereocenters. The zero-order valence-electron chi connectivity index (χ0n) is 10.9. The Morgan fingerprint density at radius 2 is 2.10 bits per heavy atom. The first-order valence-electron chi connectivity index (χ1n) is 6.25. The van der Waals surface area contributed by atoms with Crippen LogP contribution >= 0.6 is 11.3 Å². The van der Waals surface area contributed by atoms with Gasteiger partial charge >= 0.3 is 0 Å². The zero-order valence-corrected chi connectivity index (χ0v) is 11.7. The molecule has 0 spiro atoms. The molecule has 0 aliphatic carbocycles. The summed E-state index contributed by atoms with van der Waals surface area (Å²) in [5.74, 6) is 0.0754. The minimum Gasteiger partial charge on any atom is -0.508 e. The average molecular weight is 300 g/mol. The second kappa shape index (κ2) is 5.76. The van der Waals surface area contributed by atoms with Gasteiger partial charge in [0.15, 0.2) is 0 Å². The van der Waals surface area contributed by atoms with Crippen LogP contribution in [-0.2, 0) is 6.54 Å². The minimum absolute atomic E-state index is 0.121. The molecule has 3 rings (SSSR count). The number of amides is 1. The van der Waals surface area contributed by atoms with Crippen molar-refractivity contribution in [2.24, 2.45) is 0 Å². The van der Waals surface area contributed by atoms with Crippen molar-refractivity contribution in [1.29, 1.82) is 0 Å². The van der Waals surface area contributed by atoms with Crippen molar-refractivity contribution >= 4 is 17.2 Å². The summed E-state index contributed by atoms with van der Waals surface area (Å²) >= 11 is 1.39. The van der Waals surface area contributed by atoms with Crippen molar-refractivity contribution in [3.05, 3.63) is 58.5 Å². The highest BCUT2D eigenvalue weighted by Crippen LogP contribution is 2.13. The second-order valence-electron chi connectivity index (χ2n) is 4.33. The summed E-state index contributed by atoms with van der Waals surface area (Å²) in [5.41, 5.74) is 1.45. The molecule has 0 unspecified atom stereocenters. The molecule has 0 saturated heterocycles. The van der Waals surface area contributed by atoms with Gasteiger partial charge in [-0.05, 0) is 35.7 Å². The van der Waals surface area contributed by atoms with E-state index in [4.69, 9.17) is 0 Å². The summed E-state index contributed by atoms with van der Waals surface area (Å²) in [6, 6.07) is 10.2. The first kappa shape index (κ1) is 13.3. The van der Waals surface area contributed by atoms with Crippen molar-refractivity contribution in [3.8, 4) is 11.4 Å². The summed E-state index contributed by atoms with van der Waals surface area (Å²) in [7, 11) is 0. The highest BCUT2D eigenvalue weighted by Gasteiger charge is 2.08. The largest absolute Gasteiger partial charge is 0.508 e. The molecule has 2 N–H and O–H groups in total. The number of rotatable bonds is 4. The van der Waals surface area contributed by atoms with E-state index >= 15 is 0 Å². The molecule has 106 valence electrons. The summed E-state index contributed by atoms with van der Waals surface area (Å²) in [4.78, 5) is 12.5. The molecular weight excluding hydrogens is 288 g/mol. The predicted molar refractivity (Wildman–Crippen MR) is 78.5 cm³/mol. The fraction of sp³-hybridized carbons (Fsp3) is 0.0714. The van der Waals surface area contributed by atoms with Crippen LogP contribution in [-0.4, -0.2) is 26.0 Å². The molecule has 3 aromatic rings. The van der Waals surface area contributed by atoms with Gasteiger partial charge in [-0.25, -0.2) is 4.68 Å². The Labute approximate surface area is 124 Å². The molecule has 0 radical (unpaired) electrons. The number of benzene rings is 1. The number of carbonyl (C=O) groups is 1. The van der Waals surface area contributed by atoms with Crippen LogP contribution in [0.3, 0.4) is 0 Å². The van der Waals surface area contributed by atoms with E-state index in [1.54, 1.807) is 41.2 Å². The summed E-state index contributed by atoms with van der Waals surface area (Å²) in [5, 5.41) is 21.9. The molecule has 0 fully saturated rings. The summed E-state index contributed by atoms with van der Waals surface area (Å²) in [6.45, 7) is 0.314. The first-order valence-corrected chi connectivity index (χ1v) is 7.13. The number of phenols is 1. The Morgan fingerprint density at radius 1 is 1.29 bits per heavy atom. The van der Waals surface area contributed by atoms with Crippen LogP contribution in [0.25, 0.3) is 5.69 Å². The molecule has 0 aliphatic heterocycles. The van der Waals surface area contributed by atoms with Gasteiger partial charge in [0.25, 0.3) is 5.91 Å². The number of nitrogens with one attached hydrogen (secondary N) is 1. The Kier molecular flexibility index (Phi) is 3.65. The zero-order chi connectivity index (χ0) is 14.7. The van der Waals surface area contributed by atoms with Crippen LogP contribution in [0.1, 0.15) is 15.4 Å². The normalized spacial score (nSPS) is 10.5. The summed E-state index contributed by atoms with van der Waals surface area (Å²) < 4.78 is 1.59. The lowest BCUT2D eigenvalue weighted by molar-refractivity contribution is 0.0954. The van der Waals surface area contributed by atoms with Crippen molar-refractivity contribution in [3.63, 3.8) is 0 Å². The Hall–Kier alpha value is -2.67. The number of thiophene rings is 1. The third kappa shape index (κ3) is 3.09. The Bertz CT molecular complexity index is 735. The Balaban J connectivity index is 1.65. The summed E-state index contributed by atoms with van der Waals surface area (Å²) in [6.07, 6.45) is 1.74. The van der Waals surface area contributed by atoms with Gasteiger partial charge in [0.1, 0.15) is 11.4 Å². The lowest BCUT2D eigenvalue weighted by atomic mass is 10.3. The number of carbonyl (C=O) groups excluding carboxylic acids is 1. The number of aromatic nitrogens is 3. The van der Waals surface area contributed by atoms with Crippen molar-refractivity contribution < 1.29 is 9.90 Å². The SMILES string of the molecule is O=C(NCc1cn(-c2ccc(O)cc2)nn1)c1cccs1. The maximum absolute atomic E-state index is 11.8. The van der Waals surface area contributed by atoms with Gasteiger partial charge in [0.05, 0.1) is 23.3 Å². The number of hydrogen-bond acceptors (Lipinski definition) is 5. The molecule has 1 aromatic carbocycles.